The molecule has 0 aliphatic carbocycles. The number of phosphoric acid groups is 1. The highest BCUT2D eigenvalue weighted by Gasteiger charge is 2.27. The van der Waals surface area contributed by atoms with Gasteiger partial charge in [-0.2, -0.15) is 0 Å². The monoisotopic (exact) mass is 816 g/mol. The predicted molar refractivity (Wildman–Crippen MR) is 231 cm³/mol. The molecule has 0 aliphatic heterocycles. The Labute approximate surface area is 343 Å². The van der Waals surface area contributed by atoms with E-state index in [-0.39, 0.29) is 13.0 Å². The fourth-order valence-corrected chi connectivity index (χ4v) is 7.18. The Hall–Kier alpha value is -1.55. The molecule has 0 saturated carbocycles. The van der Waals surface area contributed by atoms with Gasteiger partial charge in [0.2, 0.25) is 0 Å². The van der Waals surface area contributed by atoms with Gasteiger partial charge in [-0.05, 0) is 44.9 Å². The third kappa shape index (κ3) is 40.6. The summed E-state index contributed by atoms with van der Waals surface area (Å²) in [6.07, 6.45) is 45.2. The number of aliphatic carboxylic acids is 1. The summed E-state index contributed by atoms with van der Waals surface area (Å²) in [7, 11) is -4.61. The van der Waals surface area contributed by atoms with Gasteiger partial charge < -0.3 is 25.2 Å². The van der Waals surface area contributed by atoms with E-state index in [1.54, 1.807) is 0 Å². The Kier molecular flexibility index (Phi) is 40.5. The second-order valence-electron chi connectivity index (χ2n) is 15.5. The number of carbonyl (C=O) groups excluding carboxylic acids is 1. The molecule has 330 valence electrons. The minimum Gasteiger partial charge on any atom is -0.480 e. The van der Waals surface area contributed by atoms with Crippen LogP contribution in [0.2, 0.25) is 0 Å². The van der Waals surface area contributed by atoms with Crippen molar-refractivity contribution in [2.24, 2.45) is 5.73 Å². The minimum absolute atomic E-state index is 0.0188. The van der Waals surface area contributed by atoms with Gasteiger partial charge in [0.25, 0.3) is 0 Å². The summed E-state index contributed by atoms with van der Waals surface area (Å²) in [4.78, 5) is 33.5. The Bertz CT molecular complexity index is 993. The number of esters is 1. The molecule has 0 radical (unpaired) electrons. The third-order valence-electron chi connectivity index (χ3n) is 9.98. The molecule has 0 fully saturated rings. The number of hydrogen-bond donors (Lipinski definition) is 3. The number of allylic oxidation sites excluding steroid dienone is 4. The van der Waals surface area contributed by atoms with Crippen LogP contribution < -0.4 is 5.73 Å². The van der Waals surface area contributed by atoms with Crippen LogP contribution in [-0.2, 0) is 32.7 Å². The van der Waals surface area contributed by atoms with E-state index in [0.29, 0.717) is 13.0 Å². The van der Waals surface area contributed by atoms with Crippen molar-refractivity contribution in [2.75, 3.05) is 26.4 Å². The van der Waals surface area contributed by atoms with Gasteiger partial charge in [0, 0.05) is 13.0 Å². The topological polar surface area (TPSA) is 155 Å². The van der Waals surface area contributed by atoms with E-state index in [4.69, 9.17) is 29.4 Å². The molecular weight excluding hydrogens is 729 g/mol. The Morgan fingerprint density at radius 2 is 0.982 bits per heavy atom. The normalized spacial score (nSPS) is 14.1. The van der Waals surface area contributed by atoms with Crippen LogP contribution in [0.4, 0.5) is 0 Å². The molecule has 0 spiro atoms. The van der Waals surface area contributed by atoms with Crippen LogP contribution >= 0.6 is 7.82 Å². The average molecular weight is 816 g/mol. The van der Waals surface area contributed by atoms with Crippen LogP contribution in [0, 0.1) is 0 Å². The van der Waals surface area contributed by atoms with E-state index in [2.05, 4.69) is 38.2 Å². The van der Waals surface area contributed by atoms with Crippen molar-refractivity contribution in [1.82, 2.24) is 0 Å². The van der Waals surface area contributed by atoms with Gasteiger partial charge in [-0.3, -0.25) is 18.6 Å². The fourth-order valence-electron chi connectivity index (χ4n) is 6.40. The molecule has 0 rings (SSSR count). The largest absolute Gasteiger partial charge is 0.480 e. The first kappa shape index (κ1) is 54.5. The predicted octanol–water partition coefficient (Wildman–Crippen LogP) is 12.7. The average Bonchev–Trinajstić information content (AvgIpc) is 3.18. The lowest BCUT2D eigenvalue weighted by molar-refractivity contribution is -0.154. The molecule has 0 aromatic rings. The maximum absolute atomic E-state index is 12.6. The van der Waals surface area contributed by atoms with E-state index in [0.717, 1.165) is 38.5 Å². The summed E-state index contributed by atoms with van der Waals surface area (Å²) in [6, 6.07) is -1.47. The quantitative estimate of drug-likeness (QED) is 0.0234. The molecule has 0 aromatic carbocycles. The van der Waals surface area contributed by atoms with Gasteiger partial charge in [-0.25, -0.2) is 4.57 Å². The zero-order chi connectivity index (χ0) is 41.2. The van der Waals surface area contributed by atoms with Crippen LogP contribution in [0.15, 0.2) is 24.3 Å². The van der Waals surface area contributed by atoms with Gasteiger partial charge in [0.15, 0.2) is 0 Å². The highest BCUT2D eigenvalue weighted by Crippen LogP contribution is 2.43. The number of carboxylic acid groups (broad SMARTS) is 1. The number of ether oxygens (including phenoxy) is 2. The number of unbranched alkanes of at least 4 members (excludes halogenated alkanes) is 26. The second kappa shape index (κ2) is 41.6. The van der Waals surface area contributed by atoms with Crippen molar-refractivity contribution in [3.8, 4) is 0 Å². The molecule has 0 aromatic heterocycles. The first-order valence-corrected chi connectivity index (χ1v) is 24.4. The Morgan fingerprint density at radius 1 is 0.571 bits per heavy atom. The number of rotatable bonds is 44. The molecule has 0 bridgehead atoms. The lowest BCUT2D eigenvalue weighted by atomic mass is 10.0. The highest BCUT2D eigenvalue weighted by atomic mass is 31.2. The molecule has 0 saturated heterocycles. The van der Waals surface area contributed by atoms with E-state index >= 15 is 0 Å². The van der Waals surface area contributed by atoms with Crippen molar-refractivity contribution in [1.29, 1.82) is 0 Å². The Morgan fingerprint density at radius 3 is 1.45 bits per heavy atom. The van der Waals surface area contributed by atoms with Gasteiger partial charge in [-0.15, -0.1) is 0 Å². The van der Waals surface area contributed by atoms with Crippen LogP contribution in [-0.4, -0.2) is 60.5 Å². The van der Waals surface area contributed by atoms with Crippen molar-refractivity contribution < 1.29 is 42.7 Å². The molecule has 3 atom stereocenters. The number of hydrogen-bond acceptors (Lipinski definition) is 8. The fraction of sp³-hybridized carbons (Fsp3) is 0.867. The van der Waals surface area contributed by atoms with Crippen molar-refractivity contribution in [2.45, 2.75) is 225 Å². The lowest BCUT2D eigenvalue weighted by Crippen LogP contribution is -2.34. The second-order valence-corrected chi connectivity index (χ2v) is 17.0. The summed E-state index contributed by atoms with van der Waals surface area (Å²) < 4.78 is 33.4. The molecule has 11 heteroatoms. The molecular formula is C45H86NO9P. The number of carbonyl (C=O) groups is 2. The van der Waals surface area contributed by atoms with Crippen LogP contribution in [0.1, 0.15) is 213 Å². The molecule has 3 unspecified atom stereocenters. The van der Waals surface area contributed by atoms with Gasteiger partial charge >= 0.3 is 19.8 Å². The van der Waals surface area contributed by atoms with E-state index in [1.165, 1.54) is 148 Å². The summed E-state index contributed by atoms with van der Waals surface area (Å²) >= 11 is 0. The van der Waals surface area contributed by atoms with Gasteiger partial charge in [0.1, 0.15) is 12.1 Å². The van der Waals surface area contributed by atoms with Gasteiger partial charge in [0.05, 0.1) is 19.8 Å². The Balaban J connectivity index is 4.13. The van der Waals surface area contributed by atoms with Crippen molar-refractivity contribution >= 4 is 19.8 Å². The zero-order valence-electron chi connectivity index (χ0n) is 36.0. The number of phosphoric ester groups is 1. The lowest BCUT2D eigenvalue weighted by Gasteiger charge is -2.20. The standard InChI is InChI=1S/C45H86NO9P/c1-3-5-7-9-11-13-15-17-18-19-20-21-22-23-24-25-26-28-30-32-34-36-38-52-39-42(40-53-56(50,51)54-41-43(46)45(48)49)55-44(47)37-35-33-31-29-27-16-14-12-10-8-6-4-2/h15,17,19-20,42-43H,3-14,16,18,21-41,46H2,1-2H3,(H,48,49)(H,50,51)/b17-15-,20-19-. The summed E-state index contributed by atoms with van der Waals surface area (Å²) in [5.41, 5.74) is 5.36. The van der Waals surface area contributed by atoms with Crippen LogP contribution in [0.5, 0.6) is 0 Å². The van der Waals surface area contributed by atoms with E-state index in [1.807, 2.05) is 0 Å². The molecule has 0 heterocycles. The third-order valence-corrected chi connectivity index (χ3v) is 10.9. The molecule has 0 amide bonds. The zero-order valence-corrected chi connectivity index (χ0v) is 36.9. The molecule has 4 N–H and O–H groups in total. The number of carboxylic acids is 1. The van der Waals surface area contributed by atoms with E-state index in [9.17, 15) is 19.0 Å². The van der Waals surface area contributed by atoms with Crippen molar-refractivity contribution in [3.63, 3.8) is 0 Å². The first-order valence-electron chi connectivity index (χ1n) is 22.9. The van der Waals surface area contributed by atoms with Gasteiger partial charge in [-0.1, -0.05) is 186 Å². The highest BCUT2D eigenvalue weighted by molar-refractivity contribution is 7.47. The maximum Gasteiger partial charge on any atom is 0.472 e. The summed E-state index contributed by atoms with van der Waals surface area (Å²) in [5.74, 6) is -1.77. The van der Waals surface area contributed by atoms with Crippen molar-refractivity contribution in [3.05, 3.63) is 24.3 Å². The minimum atomic E-state index is -4.61. The van der Waals surface area contributed by atoms with E-state index < -0.39 is 45.1 Å². The molecule has 0 aliphatic rings. The summed E-state index contributed by atoms with van der Waals surface area (Å²) in [6.45, 7) is 3.88. The summed E-state index contributed by atoms with van der Waals surface area (Å²) in [5, 5.41) is 8.89. The maximum atomic E-state index is 12.6. The van der Waals surface area contributed by atoms with Crippen LogP contribution in [0.3, 0.4) is 0 Å². The SMILES string of the molecule is CCCCCCC/C=C\C/C=C\CCCCCCCCCCCCOCC(COP(=O)(O)OCC(N)C(=O)O)OC(=O)CCCCCCCCCCCCCC. The number of nitrogens with two attached hydrogens (primary N) is 1. The molecule has 10 nitrogen and oxygen atoms in total. The van der Waals surface area contributed by atoms with Crippen LogP contribution in [0.25, 0.3) is 0 Å². The molecule has 56 heavy (non-hydrogen) atoms. The first-order chi connectivity index (χ1) is 27.2. The smallest absolute Gasteiger partial charge is 0.472 e.